The Balaban J connectivity index is 2.09. The summed E-state index contributed by atoms with van der Waals surface area (Å²) in [5, 5.41) is 11.4. The van der Waals surface area contributed by atoms with Crippen LogP contribution in [0.5, 0.6) is 0 Å². The normalized spacial score (nSPS) is 18.7. The van der Waals surface area contributed by atoms with E-state index in [1.807, 2.05) is 0 Å². The van der Waals surface area contributed by atoms with Crippen molar-refractivity contribution in [2.75, 3.05) is 38.1 Å². The Morgan fingerprint density at radius 3 is 2.78 bits per heavy atom. The molecule has 1 aliphatic heterocycles. The van der Waals surface area contributed by atoms with Gasteiger partial charge in [-0.15, -0.1) is 0 Å². The summed E-state index contributed by atoms with van der Waals surface area (Å²) < 4.78 is 0. The van der Waals surface area contributed by atoms with Gasteiger partial charge in [0.15, 0.2) is 5.84 Å². The summed E-state index contributed by atoms with van der Waals surface area (Å²) in [6.45, 7) is 4.03. The third kappa shape index (κ3) is 2.86. The number of hydrogen-bond acceptors (Lipinski definition) is 6. The zero-order valence-corrected chi connectivity index (χ0v) is 10.5. The van der Waals surface area contributed by atoms with Gasteiger partial charge in [0, 0.05) is 19.6 Å². The lowest BCUT2D eigenvalue weighted by Gasteiger charge is -2.21. The first kappa shape index (κ1) is 12.6. The van der Waals surface area contributed by atoms with Gasteiger partial charge >= 0.3 is 0 Å². The molecule has 0 unspecified atom stereocenters. The molecule has 3 N–H and O–H groups in total. The van der Waals surface area contributed by atoms with Gasteiger partial charge in [-0.1, -0.05) is 5.16 Å². The summed E-state index contributed by atoms with van der Waals surface area (Å²) in [6.07, 6.45) is 4.30. The van der Waals surface area contributed by atoms with E-state index >= 15 is 0 Å². The number of anilines is 1. The molecule has 0 radical (unpaired) electrons. The molecule has 98 valence electrons. The third-order valence-electron chi connectivity index (χ3n) is 3.05. The average Bonchev–Trinajstić information content (AvgIpc) is 2.63. The van der Waals surface area contributed by atoms with Gasteiger partial charge in [0.05, 0.1) is 12.4 Å². The SMILES string of the molecule is CN1CCCN(c2cnc(C(N)=NO)cn2)CC1. The fraction of sp³-hybridized carbons (Fsp3) is 0.545. The van der Waals surface area contributed by atoms with E-state index in [0.29, 0.717) is 5.69 Å². The number of oxime groups is 1. The van der Waals surface area contributed by atoms with Crippen molar-refractivity contribution in [3.05, 3.63) is 18.1 Å². The number of nitrogens with two attached hydrogens (primary N) is 1. The highest BCUT2D eigenvalue weighted by molar-refractivity contribution is 5.94. The van der Waals surface area contributed by atoms with Crippen molar-refractivity contribution >= 4 is 11.7 Å². The molecule has 0 aliphatic carbocycles. The van der Waals surface area contributed by atoms with Crippen LogP contribution < -0.4 is 10.6 Å². The van der Waals surface area contributed by atoms with Gasteiger partial charge in [-0.3, -0.25) is 0 Å². The van der Waals surface area contributed by atoms with Crippen LogP contribution in [0.4, 0.5) is 5.82 Å². The second-order valence-electron chi connectivity index (χ2n) is 4.39. The number of aromatic nitrogens is 2. The van der Waals surface area contributed by atoms with Crippen molar-refractivity contribution in [1.29, 1.82) is 0 Å². The molecule has 0 spiro atoms. The summed E-state index contributed by atoms with van der Waals surface area (Å²) >= 11 is 0. The molecule has 7 nitrogen and oxygen atoms in total. The zero-order chi connectivity index (χ0) is 13.0. The molecule has 1 aliphatic rings. The highest BCUT2D eigenvalue weighted by Gasteiger charge is 2.14. The van der Waals surface area contributed by atoms with Gasteiger partial charge in [-0.05, 0) is 20.0 Å². The predicted molar refractivity (Wildman–Crippen MR) is 68.9 cm³/mol. The van der Waals surface area contributed by atoms with E-state index in [9.17, 15) is 0 Å². The Hall–Kier alpha value is -1.89. The van der Waals surface area contributed by atoms with E-state index in [4.69, 9.17) is 10.9 Å². The number of nitrogens with zero attached hydrogens (tertiary/aromatic N) is 5. The van der Waals surface area contributed by atoms with E-state index in [1.165, 1.54) is 6.20 Å². The Morgan fingerprint density at radius 1 is 1.28 bits per heavy atom. The monoisotopic (exact) mass is 250 g/mol. The minimum atomic E-state index is -0.0235. The Labute approximate surface area is 106 Å². The van der Waals surface area contributed by atoms with Crippen LogP contribution >= 0.6 is 0 Å². The average molecular weight is 250 g/mol. The molecule has 0 atom stereocenters. The number of rotatable bonds is 2. The van der Waals surface area contributed by atoms with E-state index in [1.54, 1.807) is 6.20 Å². The fourth-order valence-corrected chi connectivity index (χ4v) is 1.94. The maximum absolute atomic E-state index is 8.55. The molecule has 0 saturated carbocycles. The van der Waals surface area contributed by atoms with Crippen LogP contribution in [0, 0.1) is 0 Å². The lowest BCUT2D eigenvalue weighted by molar-refractivity contribution is 0.318. The molecule has 1 saturated heterocycles. The van der Waals surface area contributed by atoms with Crippen molar-refractivity contribution in [3.8, 4) is 0 Å². The molecule has 0 aromatic carbocycles. The molecular weight excluding hydrogens is 232 g/mol. The van der Waals surface area contributed by atoms with Crippen LogP contribution in [0.3, 0.4) is 0 Å². The molecular formula is C11H18N6O. The second-order valence-corrected chi connectivity index (χ2v) is 4.39. The van der Waals surface area contributed by atoms with E-state index < -0.39 is 0 Å². The summed E-state index contributed by atoms with van der Waals surface area (Å²) in [5.41, 5.74) is 5.83. The highest BCUT2D eigenvalue weighted by atomic mass is 16.4. The second kappa shape index (κ2) is 5.63. The molecule has 2 heterocycles. The van der Waals surface area contributed by atoms with Gasteiger partial charge in [0.25, 0.3) is 0 Å². The quantitative estimate of drug-likeness (QED) is 0.324. The molecule has 2 rings (SSSR count). The molecule has 7 heteroatoms. The highest BCUT2D eigenvalue weighted by Crippen LogP contribution is 2.12. The lowest BCUT2D eigenvalue weighted by atomic mass is 10.4. The van der Waals surface area contributed by atoms with Crippen LogP contribution in [-0.4, -0.2) is 59.1 Å². The summed E-state index contributed by atoms with van der Waals surface area (Å²) in [5.74, 6) is 0.810. The molecule has 18 heavy (non-hydrogen) atoms. The van der Waals surface area contributed by atoms with Crippen molar-refractivity contribution in [3.63, 3.8) is 0 Å². The molecule has 0 bridgehead atoms. The maximum Gasteiger partial charge on any atom is 0.190 e. The first-order valence-corrected chi connectivity index (χ1v) is 5.94. The van der Waals surface area contributed by atoms with Gasteiger partial charge in [0.2, 0.25) is 0 Å². The predicted octanol–water partition coefficient (Wildman–Crippen LogP) is -0.287. The number of hydrogen-bond donors (Lipinski definition) is 2. The fourth-order valence-electron chi connectivity index (χ4n) is 1.94. The van der Waals surface area contributed by atoms with Crippen LogP contribution in [-0.2, 0) is 0 Å². The van der Waals surface area contributed by atoms with Crippen molar-refractivity contribution < 1.29 is 5.21 Å². The smallest absolute Gasteiger partial charge is 0.190 e. The Morgan fingerprint density at radius 2 is 2.11 bits per heavy atom. The van der Waals surface area contributed by atoms with Crippen LogP contribution in [0.15, 0.2) is 17.5 Å². The first-order chi connectivity index (χ1) is 8.70. The minimum Gasteiger partial charge on any atom is -0.409 e. The molecule has 0 amide bonds. The number of likely N-dealkylation sites (N-methyl/N-ethyl adjacent to an activating group) is 1. The van der Waals surface area contributed by atoms with Gasteiger partial charge < -0.3 is 20.7 Å². The molecule has 1 fully saturated rings. The van der Waals surface area contributed by atoms with Gasteiger partial charge in [-0.2, -0.15) is 0 Å². The third-order valence-corrected chi connectivity index (χ3v) is 3.05. The van der Waals surface area contributed by atoms with Gasteiger partial charge in [0.1, 0.15) is 11.5 Å². The topological polar surface area (TPSA) is 90.9 Å². The van der Waals surface area contributed by atoms with Crippen LogP contribution in [0.1, 0.15) is 12.1 Å². The summed E-state index contributed by atoms with van der Waals surface area (Å²) in [6, 6.07) is 0. The van der Waals surface area contributed by atoms with Crippen molar-refractivity contribution in [1.82, 2.24) is 14.9 Å². The number of amidine groups is 1. The van der Waals surface area contributed by atoms with E-state index in [-0.39, 0.29) is 5.84 Å². The zero-order valence-electron chi connectivity index (χ0n) is 10.5. The van der Waals surface area contributed by atoms with E-state index in [0.717, 1.165) is 38.4 Å². The summed E-state index contributed by atoms with van der Waals surface area (Å²) in [7, 11) is 2.12. The largest absolute Gasteiger partial charge is 0.409 e. The molecule has 1 aromatic rings. The first-order valence-electron chi connectivity index (χ1n) is 5.94. The van der Waals surface area contributed by atoms with Crippen molar-refractivity contribution in [2.45, 2.75) is 6.42 Å². The minimum absolute atomic E-state index is 0.0235. The Kier molecular flexibility index (Phi) is 3.93. The van der Waals surface area contributed by atoms with Crippen LogP contribution in [0.25, 0.3) is 0 Å². The van der Waals surface area contributed by atoms with Crippen molar-refractivity contribution in [2.24, 2.45) is 10.9 Å². The Bertz CT molecular complexity index is 418. The molecule has 1 aromatic heterocycles. The lowest BCUT2D eigenvalue weighted by Crippen LogP contribution is -2.29. The van der Waals surface area contributed by atoms with Gasteiger partial charge in [-0.25, -0.2) is 9.97 Å². The van der Waals surface area contributed by atoms with E-state index in [2.05, 4.69) is 32.0 Å². The summed E-state index contributed by atoms with van der Waals surface area (Å²) in [4.78, 5) is 13.0. The van der Waals surface area contributed by atoms with Crippen LogP contribution in [0.2, 0.25) is 0 Å². The maximum atomic E-state index is 8.55. The standard InChI is InChI=1S/C11H18N6O/c1-16-3-2-4-17(6-5-16)10-8-13-9(7-14-10)11(12)15-18/h7-8,18H,2-6H2,1H3,(H2,12,15).